The predicted molar refractivity (Wildman–Crippen MR) is 49.8 cm³/mol. The Kier molecular flexibility index (Phi) is 15.8. The van der Waals surface area contributed by atoms with Gasteiger partial charge in [0.05, 0.1) is 6.42 Å². The molecule has 0 N–H and O–H groups in total. The van der Waals surface area contributed by atoms with Crippen LogP contribution < -0.4 is 0 Å². The van der Waals surface area contributed by atoms with Crippen LogP contribution in [0.4, 0.5) is 0 Å². The van der Waals surface area contributed by atoms with E-state index < -0.39 is 0 Å². The van der Waals surface area contributed by atoms with Gasteiger partial charge in [-0.3, -0.25) is 11.2 Å². The minimum absolute atomic E-state index is 0. The average molecular weight is 272 g/mol. The summed E-state index contributed by atoms with van der Waals surface area (Å²) in [5, 5.41) is 0. The largest absolute Gasteiger partial charge is 0.498 e. The third-order valence-electron chi connectivity index (χ3n) is 1.23. The molecule has 14 heavy (non-hydrogen) atoms. The number of esters is 1. The molecule has 0 aliphatic heterocycles. The van der Waals surface area contributed by atoms with Crippen LogP contribution in [0, 0.1) is 13.3 Å². The molecule has 0 rings (SSSR count). The molecule has 0 aliphatic carbocycles. The van der Waals surface area contributed by atoms with Gasteiger partial charge in [-0.25, -0.2) is 0 Å². The molecule has 0 saturated carbocycles. The number of hydrogen-bond donors (Lipinski definition) is 0. The first-order valence-electron chi connectivity index (χ1n) is 4.12. The van der Waals surface area contributed by atoms with Gasteiger partial charge in [-0.05, 0) is 20.0 Å². The smallest absolute Gasteiger partial charge is 0.307 e. The van der Waals surface area contributed by atoms with E-state index in [1.165, 1.54) is 0 Å². The zero-order valence-corrected chi connectivity index (χ0v) is 11.3. The van der Waals surface area contributed by atoms with Crippen molar-refractivity contribution in [3.05, 3.63) is 25.5 Å². The minimum Gasteiger partial charge on any atom is -0.498 e. The van der Waals surface area contributed by atoms with Gasteiger partial charge >= 0.3 is 5.97 Å². The Bertz CT molecular complexity index is 157. The maximum atomic E-state index is 10.9. The van der Waals surface area contributed by atoms with Gasteiger partial charge in [0.2, 0.25) is 0 Å². The average Bonchev–Trinajstić information content (AvgIpc) is 2.13. The van der Waals surface area contributed by atoms with Crippen molar-refractivity contribution in [1.82, 2.24) is 0 Å². The zero-order valence-electron chi connectivity index (χ0n) is 8.44. The molecule has 0 fully saturated rings. The number of rotatable bonds is 7. The summed E-state index contributed by atoms with van der Waals surface area (Å²) in [6.07, 6.45) is 5.88. The van der Waals surface area contributed by atoms with Gasteiger partial charge < -0.3 is 9.47 Å². The molecule has 3 radical (unpaired) electrons. The van der Waals surface area contributed by atoms with Crippen LogP contribution in [0.15, 0.2) is 12.2 Å². The van der Waals surface area contributed by atoms with Gasteiger partial charge in [-0.1, -0.05) is 18.8 Å². The SMILES string of the molecule is [CH]C/C=C\CC(=O)OC[CH-]COC.[Y]. The maximum Gasteiger partial charge on any atom is 0.307 e. The fraction of sp³-hybridized carbons (Fsp3) is 0.500. The van der Waals surface area contributed by atoms with Crippen molar-refractivity contribution in [3.63, 3.8) is 0 Å². The Balaban J connectivity index is 0. The number of methoxy groups -OCH3 is 1. The summed E-state index contributed by atoms with van der Waals surface area (Å²) >= 11 is 0. The normalized spacial score (nSPS) is 9.86. The first-order chi connectivity index (χ1) is 6.31. The zero-order chi connectivity index (χ0) is 9.94. The molecule has 0 aromatic rings. The van der Waals surface area contributed by atoms with Crippen LogP contribution in [0.1, 0.15) is 12.8 Å². The monoisotopic (exact) mass is 272 g/mol. The second-order valence-corrected chi connectivity index (χ2v) is 2.34. The standard InChI is InChI=1S/C10H15O3.Y/c1-3-4-5-7-10(11)13-9-6-8-12-2;/h1,4-6H,3,7-9H2,2H3;/q-1;/b5-4-;. The Hall–Kier alpha value is 0.274. The van der Waals surface area contributed by atoms with Crippen molar-refractivity contribution in [3.8, 4) is 0 Å². The molecule has 0 atom stereocenters. The van der Waals surface area contributed by atoms with Crippen LogP contribution in [0.5, 0.6) is 0 Å². The van der Waals surface area contributed by atoms with Crippen molar-refractivity contribution < 1.29 is 47.0 Å². The topological polar surface area (TPSA) is 35.5 Å². The molecule has 0 aromatic heterocycles. The predicted octanol–water partition coefficient (Wildman–Crippen LogP) is 1.43. The molecule has 3 nitrogen and oxygen atoms in total. The molecule has 0 aliphatic rings. The van der Waals surface area contributed by atoms with Crippen molar-refractivity contribution >= 4 is 5.97 Å². The van der Waals surface area contributed by atoms with E-state index in [-0.39, 0.29) is 45.1 Å². The quantitative estimate of drug-likeness (QED) is 0.304. The molecule has 0 unspecified atom stereocenters. The molecule has 77 valence electrons. The molecule has 4 heteroatoms. The van der Waals surface area contributed by atoms with Gasteiger partial charge in [-0.2, -0.15) is 0 Å². The van der Waals surface area contributed by atoms with Crippen LogP contribution in [-0.2, 0) is 47.0 Å². The fourth-order valence-electron chi connectivity index (χ4n) is 0.653. The molecule has 0 heterocycles. The summed E-state index contributed by atoms with van der Waals surface area (Å²) in [6.45, 7) is 5.98. The minimum atomic E-state index is -0.253. The van der Waals surface area contributed by atoms with Crippen molar-refractivity contribution in [2.45, 2.75) is 12.8 Å². The number of carbonyl (C=O) groups excluding carboxylic acids is 1. The van der Waals surface area contributed by atoms with E-state index in [9.17, 15) is 4.79 Å². The second kappa shape index (κ2) is 13.3. The van der Waals surface area contributed by atoms with Crippen LogP contribution in [-0.4, -0.2) is 26.3 Å². The molecule has 0 aromatic carbocycles. The Morgan fingerprint density at radius 2 is 2.14 bits per heavy atom. The molecule has 0 bridgehead atoms. The third-order valence-corrected chi connectivity index (χ3v) is 1.23. The Labute approximate surface area is 111 Å². The molecule has 0 spiro atoms. The Morgan fingerprint density at radius 1 is 1.43 bits per heavy atom. The van der Waals surface area contributed by atoms with Crippen molar-refractivity contribution in [1.29, 1.82) is 0 Å². The number of carbonyl (C=O) groups is 1. The first kappa shape index (κ1) is 16.7. The van der Waals surface area contributed by atoms with E-state index in [0.717, 1.165) is 0 Å². The summed E-state index contributed by atoms with van der Waals surface area (Å²) in [5.41, 5.74) is 0. The Morgan fingerprint density at radius 3 is 2.71 bits per heavy atom. The summed E-state index contributed by atoms with van der Waals surface area (Å²) < 4.78 is 9.57. The first-order valence-corrected chi connectivity index (χ1v) is 4.12. The van der Waals surface area contributed by atoms with Gasteiger partial charge in [0.15, 0.2) is 0 Å². The fourth-order valence-corrected chi connectivity index (χ4v) is 0.653. The van der Waals surface area contributed by atoms with Crippen LogP contribution >= 0.6 is 0 Å². The van der Waals surface area contributed by atoms with Crippen LogP contribution in [0.3, 0.4) is 0 Å². The van der Waals surface area contributed by atoms with Crippen molar-refractivity contribution in [2.24, 2.45) is 0 Å². The summed E-state index contributed by atoms with van der Waals surface area (Å²) in [5.74, 6) is -0.253. The molecular formula is C10H15O3Y-. The van der Waals surface area contributed by atoms with Gasteiger partial charge in [-0.15, -0.1) is 0 Å². The third kappa shape index (κ3) is 12.3. The van der Waals surface area contributed by atoms with Gasteiger partial charge in [0, 0.05) is 39.8 Å². The van der Waals surface area contributed by atoms with E-state index in [2.05, 4.69) is 0 Å². The van der Waals surface area contributed by atoms with Crippen molar-refractivity contribution in [2.75, 3.05) is 20.3 Å². The number of allylic oxidation sites excluding steroid dienone is 1. The summed E-state index contributed by atoms with van der Waals surface area (Å²) in [6, 6.07) is 0. The van der Waals surface area contributed by atoms with Gasteiger partial charge in [0.1, 0.15) is 0 Å². The number of hydrogen-bond acceptors (Lipinski definition) is 3. The van der Waals surface area contributed by atoms with Gasteiger partial charge in [0.25, 0.3) is 0 Å². The molecular weight excluding hydrogens is 257 g/mol. The van der Waals surface area contributed by atoms with E-state index in [1.54, 1.807) is 25.7 Å². The van der Waals surface area contributed by atoms with E-state index in [4.69, 9.17) is 16.4 Å². The maximum absolute atomic E-state index is 10.9. The van der Waals surface area contributed by atoms with E-state index >= 15 is 0 Å². The van der Waals surface area contributed by atoms with E-state index in [0.29, 0.717) is 19.6 Å². The summed E-state index contributed by atoms with van der Waals surface area (Å²) in [4.78, 5) is 10.9. The second-order valence-electron chi connectivity index (χ2n) is 2.34. The molecule has 0 amide bonds. The summed E-state index contributed by atoms with van der Waals surface area (Å²) in [7, 11) is 1.59. The van der Waals surface area contributed by atoms with Crippen LogP contribution in [0.25, 0.3) is 0 Å². The molecule has 0 saturated heterocycles. The number of ether oxygens (including phenoxy) is 2. The van der Waals surface area contributed by atoms with E-state index in [1.807, 2.05) is 0 Å². The van der Waals surface area contributed by atoms with Crippen LogP contribution in [0.2, 0.25) is 0 Å².